The normalized spacial score (nSPS) is 15.9. The number of carbonyl (C=O) groups is 3. The number of thioether (sulfide) groups is 1. The Morgan fingerprint density at radius 2 is 1.78 bits per heavy atom. The molecule has 0 atom stereocenters. The summed E-state index contributed by atoms with van der Waals surface area (Å²) in [6.45, 7) is 2.98. The van der Waals surface area contributed by atoms with Gasteiger partial charge in [0.15, 0.2) is 11.5 Å². The maximum atomic E-state index is 13.1. The van der Waals surface area contributed by atoms with Crippen LogP contribution in [0.15, 0.2) is 59.5 Å². The van der Waals surface area contributed by atoms with Crippen molar-refractivity contribution in [2.24, 2.45) is 0 Å². The number of halogens is 3. The minimum absolute atomic E-state index is 0.130. The Hall–Kier alpha value is -3.17. The first-order valence-corrected chi connectivity index (χ1v) is 14.8. The molecule has 0 N–H and O–H groups in total. The van der Waals surface area contributed by atoms with Gasteiger partial charge in [-0.3, -0.25) is 19.3 Å². The molecule has 0 aliphatic carbocycles. The largest absolute Gasteiger partial charge is 0.490 e. The first-order valence-electron chi connectivity index (χ1n) is 12.9. The van der Waals surface area contributed by atoms with Gasteiger partial charge in [0.05, 0.1) is 16.5 Å². The van der Waals surface area contributed by atoms with E-state index >= 15 is 0 Å². The molecule has 3 aromatic rings. The lowest BCUT2D eigenvalue weighted by atomic mass is 10.00. The summed E-state index contributed by atoms with van der Waals surface area (Å²) in [6, 6.07) is 16.4. The van der Waals surface area contributed by atoms with E-state index in [-0.39, 0.29) is 29.0 Å². The van der Waals surface area contributed by atoms with E-state index in [0.29, 0.717) is 46.8 Å². The average Bonchev–Trinajstić information content (AvgIpc) is 3.20. The van der Waals surface area contributed by atoms with E-state index < -0.39 is 11.1 Å². The molecule has 7 nitrogen and oxygen atoms in total. The third kappa shape index (κ3) is 6.67. The smallest absolute Gasteiger partial charge is 0.294 e. The predicted molar refractivity (Wildman–Crippen MR) is 162 cm³/mol. The molecule has 1 fully saturated rings. The Morgan fingerprint density at radius 1 is 1.00 bits per heavy atom. The second-order valence-corrected chi connectivity index (χ2v) is 11.6. The van der Waals surface area contributed by atoms with E-state index in [0.717, 1.165) is 34.2 Å². The highest BCUT2D eigenvalue weighted by Gasteiger charge is 2.37. The van der Waals surface area contributed by atoms with Crippen LogP contribution >= 0.6 is 46.6 Å². The standard InChI is InChI=1S/C30H25Cl3N2O5S/c1-2-39-25-12-18(11-24(33)28(25)40-17-21-7-8-22(31)14-23(21)32)13-26-29(37)35(30(38)41-26)16-27(36)34-10-9-19-5-3-4-6-20(19)15-34/h3-8,11-14H,2,9-10,15-17H2,1H3/b26-13-. The number of nitrogens with zero attached hydrogens (tertiary/aromatic N) is 2. The van der Waals surface area contributed by atoms with Crippen molar-refractivity contribution >= 4 is 69.7 Å². The molecule has 41 heavy (non-hydrogen) atoms. The van der Waals surface area contributed by atoms with Crippen molar-refractivity contribution in [3.63, 3.8) is 0 Å². The number of hydrogen-bond donors (Lipinski definition) is 0. The molecule has 3 aromatic carbocycles. The van der Waals surface area contributed by atoms with Crippen LogP contribution in [0.4, 0.5) is 4.79 Å². The van der Waals surface area contributed by atoms with Crippen LogP contribution in [0.3, 0.4) is 0 Å². The van der Waals surface area contributed by atoms with Crippen LogP contribution in [0.5, 0.6) is 11.5 Å². The zero-order chi connectivity index (χ0) is 29.1. The number of ether oxygens (including phenoxy) is 2. The number of fused-ring (bicyclic) bond motifs is 1. The summed E-state index contributed by atoms with van der Waals surface area (Å²) in [4.78, 5) is 41.7. The highest BCUT2D eigenvalue weighted by molar-refractivity contribution is 8.18. The number of imide groups is 1. The van der Waals surface area contributed by atoms with E-state index in [1.165, 1.54) is 5.56 Å². The molecule has 0 bridgehead atoms. The van der Waals surface area contributed by atoms with E-state index in [1.807, 2.05) is 25.1 Å². The number of rotatable bonds is 8. The third-order valence-corrected chi connectivity index (χ3v) is 8.44. The van der Waals surface area contributed by atoms with Crippen molar-refractivity contribution in [2.45, 2.75) is 26.5 Å². The Balaban J connectivity index is 1.30. The van der Waals surface area contributed by atoms with Crippen LogP contribution in [0.25, 0.3) is 6.08 Å². The zero-order valence-corrected chi connectivity index (χ0v) is 25.1. The fourth-order valence-corrected chi connectivity index (χ4v) is 6.17. The van der Waals surface area contributed by atoms with E-state index in [2.05, 4.69) is 6.07 Å². The lowest BCUT2D eigenvalue weighted by Gasteiger charge is -2.29. The van der Waals surface area contributed by atoms with Gasteiger partial charge in [-0.05, 0) is 72.1 Å². The van der Waals surface area contributed by atoms with Crippen molar-refractivity contribution in [2.75, 3.05) is 19.7 Å². The molecule has 0 unspecified atom stereocenters. The summed E-state index contributed by atoms with van der Waals surface area (Å²) >= 11 is 19.6. The van der Waals surface area contributed by atoms with E-state index in [4.69, 9.17) is 44.3 Å². The number of benzene rings is 3. The highest BCUT2D eigenvalue weighted by Crippen LogP contribution is 2.40. The van der Waals surface area contributed by atoms with Crippen molar-refractivity contribution in [3.8, 4) is 11.5 Å². The van der Waals surface area contributed by atoms with Crippen LogP contribution in [0, 0.1) is 0 Å². The summed E-state index contributed by atoms with van der Waals surface area (Å²) in [6.07, 6.45) is 2.29. The molecular formula is C30H25Cl3N2O5S. The van der Waals surface area contributed by atoms with Gasteiger partial charge < -0.3 is 14.4 Å². The topological polar surface area (TPSA) is 76.2 Å². The first kappa shape index (κ1) is 29.3. The van der Waals surface area contributed by atoms with E-state index in [1.54, 1.807) is 41.3 Å². The SMILES string of the molecule is CCOc1cc(/C=C2\SC(=O)N(CC(=O)N3CCc4ccccc4C3)C2=O)cc(Cl)c1OCc1ccc(Cl)cc1Cl. The molecular weight excluding hydrogens is 607 g/mol. The van der Waals surface area contributed by atoms with Gasteiger partial charge >= 0.3 is 0 Å². The maximum Gasteiger partial charge on any atom is 0.294 e. The average molecular weight is 632 g/mol. The van der Waals surface area contributed by atoms with Gasteiger partial charge in [0, 0.05) is 28.7 Å². The van der Waals surface area contributed by atoms with Gasteiger partial charge in [-0.2, -0.15) is 0 Å². The Labute approximate surface area is 256 Å². The van der Waals surface area contributed by atoms with Crippen molar-refractivity contribution in [3.05, 3.63) is 96.8 Å². The first-order chi connectivity index (χ1) is 19.7. The Kier molecular flexibility index (Phi) is 9.14. The van der Waals surface area contributed by atoms with Gasteiger partial charge in [0.1, 0.15) is 13.2 Å². The van der Waals surface area contributed by atoms with Crippen molar-refractivity contribution < 1.29 is 23.9 Å². The van der Waals surface area contributed by atoms with Gasteiger partial charge in [-0.15, -0.1) is 0 Å². The van der Waals surface area contributed by atoms with Crippen molar-refractivity contribution in [1.29, 1.82) is 0 Å². The van der Waals surface area contributed by atoms with Crippen LogP contribution in [-0.4, -0.2) is 46.5 Å². The summed E-state index contributed by atoms with van der Waals surface area (Å²) in [7, 11) is 0. The lowest BCUT2D eigenvalue weighted by molar-refractivity contribution is -0.136. The maximum absolute atomic E-state index is 13.1. The minimum atomic E-state index is -0.530. The van der Waals surface area contributed by atoms with Gasteiger partial charge in [0.25, 0.3) is 11.1 Å². The molecule has 2 aliphatic rings. The summed E-state index contributed by atoms with van der Waals surface area (Å²) < 4.78 is 11.7. The zero-order valence-electron chi connectivity index (χ0n) is 22.0. The number of amides is 3. The minimum Gasteiger partial charge on any atom is -0.490 e. The Bertz CT molecular complexity index is 1560. The molecule has 2 aliphatic heterocycles. The molecule has 0 spiro atoms. The molecule has 0 aromatic heterocycles. The van der Waals surface area contributed by atoms with Crippen LogP contribution in [-0.2, 0) is 29.2 Å². The highest BCUT2D eigenvalue weighted by atomic mass is 35.5. The Morgan fingerprint density at radius 3 is 2.54 bits per heavy atom. The second kappa shape index (κ2) is 12.8. The number of carbonyl (C=O) groups excluding carboxylic acids is 3. The quantitative estimate of drug-likeness (QED) is 0.244. The summed E-state index contributed by atoms with van der Waals surface area (Å²) in [5, 5.41) is 0.736. The summed E-state index contributed by atoms with van der Waals surface area (Å²) in [5.41, 5.74) is 3.54. The van der Waals surface area contributed by atoms with E-state index in [9.17, 15) is 14.4 Å². The van der Waals surface area contributed by atoms with Gasteiger partial charge in [-0.1, -0.05) is 65.1 Å². The van der Waals surface area contributed by atoms with Crippen LogP contribution in [0.2, 0.25) is 15.1 Å². The molecule has 1 saturated heterocycles. The third-order valence-electron chi connectivity index (χ3n) is 6.67. The van der Waals surface area contributed by atoms with Crippen molar-refractivity contribution in [1.82, 2.24) is 9.80 Å². The molecule has 11 heteroatoms. The lowest BCUT2D eigenvalue weighted by Crippen LogP contribution is -2.44. The van der Waals surface area contributed by atoms with Gasteiger partial charge in [-0.25, -0.2) is 0 Å². The fraction of sp³-hybridized carbons (Fsp3) is 0.233. The molecule has 2 heterocycles. The molecule has 3 amide bonds. The fourth-order valence-electron chi connectivity index (χ4n) is 4.59. The molecule has 5 rings (SSSR count). The monoisotopic (exact) mass is 630 g/mol. The van der Waals surface area contributed by atoms with Crippen LogP contribution < -0.4 is 9.47 Å². The summed E-state index contributed by atoms with van der Waals surface area (Å²) in [5.74, 6) is -0.112. The van der Waals surface area contributed by atoms with Gasteiger partial charge in [0.2, 0.25) is 5.91 Å². The molecule has 0 saturated carbocycles. The molecule has 212 valence electrons. The second-order valence-electron chi connectivity index (χ2n) is 9.39. The van der Waals surface area contributed by atoms with Crippen LogP contribution in [0.1, 0.15) is 29.2 Å². The molecule has 0 radical (unpaired) electrons. The number of hydrogen-bond acceptors (Lipinski definition) is 6. The predicted octanol–water partition coefficient (Wildman–Crippen LogP) is 7.25.